The summed E-state index contributed by atoms with van der Waals surface area (Å²) in [5.74, 6) is -24.9. The first-order valence-electron chi connectivity index (χ1n) is 4.47. The van der Waals surface area contributed by atoms with Crippen molar-refractivity contribution < 1.29 is 95.3 Å². The maximum atomic E-state index is 12.8. The largest absolute Gasteiger partial charge is 1.00 e. The standard InChI is InChI=1S/C8H7F7O4.2Ag/c9-3(1-2-4(16)17)6(10,11)8(14,15)7(12,13)5(18)19;;/h3H,1-2H2,(H,16,17)(H,18,19);;/q;2*+1/p-2. The summed E-state index contributed by atoms with van der Waals surface area (Å²) in [6.07, 6.45) is -7.21. The van der Waals surface area contributed by atoms with Crippen molar-refractivity contribution >= 4 is 11.9 Å². The first kappa shape index (κ1) is 25.9. The van der Waals surface area contributed by atoms with Crippen molar-refractivity contribution in [1.29, 1.82) is 0 Å². The number of aliphatic carboxylic acids is 2. The minimum absolute atomic E-state index is 0. The van der Waals surface area contributed by atoms with E-state index in [4.69, 9.17) is 0 Å². The summed E-state index contributed by atoms with van der Waals surface area (Å²) < 4.78 is 88.5. The van der Waals surface area contributed by atoms with Crippen LogP contribution in [0.15, 0.2) is 0 Å². The molecule has 0 aromatic carbocycles. The molecular formula is C8H5Ag2F7O4. The van der Waals surface area contributed by atoms with Crippen molar-refractivity contribution in [2.75, 3.05) is 0 Å². The zero-order valence-corrected chi connectivity index (χ0v) is 12.3. The van der Waals surface area contributed by atoms with E-state index in [1.165, 1.54) is 0 Å². The van der Waals surface area contributed by atoms with E-state index >= 15 is 0 Å². The molecule has 0 aromatic rings. The Morgan fingerprint density at radius 3 is 1.62 bits per heavy atom. The first-order chi connectivity index (χ1) is 8.28. The fourth-order valence-electron chi connectivity index (χ4n) is 0.960. The van der Waals surface area contributed by atoms with Gasteiger partial charge in [0.2, 0.25) is 0 Å². The summed E-state index contributed by atoms with van der Waals surface area (Å²) in [4.78, 5) is 19.5. The molecule has 0 heterocycles. The average molecular weight is 514 g/mol. The van der Waals surface area contributed by atoms with Gasteiger partial charge in [-0.15, -0.1) is 0 Å². The van der Waals surface area contributed by atoms with Gasteiger partial charge in [-0.2, -0.15) is 26.3 Å². The summed E-state index contributed by atoms with van der Waals surface area (Å²) in [7, 11) is 0. The van der Waals surface area contributed by atoms with Gasteiger partial charge in [0.25, 0.3) is 0 Å². The van der Waals surface area contributed by atoms with Crippen LogP contribution in [0, 0.1) is 0 Å². The van der Waals surface area contributed by atoms with E-state index in [9.17, 15) is 50.5 Å². The molecule has 0 spiro atoms. The van der Waals surface area contributed by atoms with Crippen LogP contribution in [0.5, 0.6) is 0 Å². The fraction of sp³-hybridized carbons (Fsp3) is 0.750. The van der Waals surface area contributed by atoms with Gasteiger partial charge in [-0.3, -0.25) is 0 Å². The van der Waals surface area contributed by atoms with E-state index in [0.717, 1.165) is 0 Å². The average Bonchev–Trinajstić information content (AvgIpc) is 2.24. The van der Waals surface area contributed by atoms with E-state index in [-0.39, 0.29) is 44.8 Å². The maximum Gasteiger partial charge on any atom is 1.00 e. The molecule has 0 N–H and O–H groups in total. The molecule has 0 aliphatic carbocycles. The zero-order valence-electron chi connectivity index (χ0n) is 9.37. The number of carbonyl (C=O) groups excluding carboxylic acids is 2. The molecule has 0 saturated carbocycles. The third-order valence-electron chi connectivity index (χ3n) is 2.06. The fourth-order valence-corrected chi connectivity index (χ4v) is 0.960. The number of hydrogen-bond acceptors (Lipinski definition) is 4. The number of alkyl halides is 7. The maximum absolute atomic E-state index is 12.8. The van der Waals surface area contributed by atoms with Crippen LogP contribution < -0.4 is 10.2 Å². The van der Waals surface area contributed by atoms with Crippen LogP contribution in [0.4, 0.5) is 30.7 Å². The van der Waals surface area contributed by atoms with Gasteiger partial charge in [0.1, 0.15) is 5.97 Å². The molecule has 13 heteroatoms. The number of carboxylic acid groups (broad SMARTS) is 2. The van der Waals surface area contributed by atoms with Gasteiger partial charge in [0.15, 0.2) is 6.17 Å². The Hall–Kier alpha value is -0.0695. The zero-order chi connectivity index (χ0) is 15.6. The SMILES string of the molecule is O=C([O-])CCC(F)C(F)(F)C(F)(F)C(F)(F)C(=O)[O-].[Ag+].[Ag+]. The van der Waals surface area contributed by atoms with Crippen molar-refractivity contribution in [3.8, 4) is 0 Å². The molecule has 21 heavy (non-hydrogen) atoms. The van der Waals surface area contributed by atoms with Crippen LogP contribution in [0.2, 0.25) is 0 Å². The van der Waals surface area contributed by atoms with Gasteiger partial charge < -0.3 is 19.8 Å². The third kappa shape index (κ3) is 5.25. The van der Waals surface area contributed by atoms with Crippen LogP contribution in [-0.4, -0.2) is 35.9 Å². The van der Waals surface area contributed by atoms with Crippen LogP contribution in [0.25, 0.3) is 0 Å². The van der Waals surface area contributed by atoms with Gasteiger partial charge in [-0.05, 0) is 12.8 Å². The summed E-state index contributed by atoms with van der Waals surface area (Å²) >= 11 is 0. The quantitative estimate of drug-likeness (QED) is 0.340. The Labute approximate surface area is 144 Å². The normalized spacial score (nSPS) is 13.7. The molecule has 0 radical (unpaired) electrons. The molecule has 4 nitrogen and oxygen atoms in total. The van der Waals surface area contributed by atoms with Crippen LogP contribution in [0.1, 0.15) is 12.8 Å². The van der Waals surface area contributed by atoms with Crippen molar-refractivity contribution in [2.24, 2.45) is 0 Å². The molecule has 1 atom stereocenters. The molecule has 0 aromatic heterocycles. The van der Waals surface area contributed by atoms with E-state index in [0.29, 0.717) is 0 Å². The first-order valence-corrected chi connectivity index (χ1v) is 4.47. The number of carboxylic acids is 2. The van der Waals surface area contributed by atoms with E-state index in [1.807, 2.05) is 0 Å². The summed E-state index contributed by atoms with van der Waals surface area (Å²) in [6.45, 7) is 0. The van der Waals surface area contributed by atoms with E-state index < -0.39 is 48.7 Å². The molecule has 0 rings (SSSR count). The molecule has 0 saturated heterocycles. The second kappa shape index (κ2) is 8.53. The summed E-state index contributed by atoms with van der Waals surface area (Å²) in [5, 5.41) is 19.5. The topological polar surface area (TPSA) is 80.3 Å². The van der Waals surface area contributed by atoms with Crippen molar-refractivity contribution in [1.82, 2.24) is 0 Å². The molecule has 0 aliphatic heterocycles. The number of halogens is 7. The Bertz CT molecular complexity index is 378. The Morgan fingerprint density at radius 2 is 1.33 bits per heavy atom. The Kier molecular flexibility index (Phi) is 10.5. The van der Waals surface area contributed by atoms with Gasteiger partial charge in [0.05, 0.1) is 0 Å². The van der Waals surface area contributed by atoms with E-state index in [1.54, 1.807) is 0 Å². The molecule has 132 valence electrons. The summed E-state index contributed by atoms with van der Waals surface area (Å²) in [6, 6.07) is 0. The smallest absolute Gasteiger partial charge is 0.550 e. The predicted octanol–water partition coefficient (Wildman–Crippen LogP) is -0.495. The monoisotopic (exact) mass is 512 g/mol. The predicted molar refractivity (Wildman–Crippen MR) is 39.0 cm³/mol. The molecular weight excluding hydrogens is 509 g/mol. The van der Waals surface area contributed by atoms with Gasteiger partial charge >= 0.3 is 62.5 Å². The van der Waals surface area contributed by atoms with Crippen molar-refractivity contribution in [3.05, 3.63) is 0 Å². The van der Waals surface area contributed by atoms with Crippen molar-refractivity contribution in [3.63, 3.8) is 0 Å². The van der Waals surface area contributed by atoms with Crippen LogP contribution in [-0.2, 0) is 54.3 Å². The van der Waals surface area contributed by atoms with Gasteiger partial charge in [-0.25, -0.2) is 4.39 Å². The van der Waals surface area contributed by atoms with Crippen LogP contribution >= 0.6 is 0 Å². The number of carbonyl (C=O) groups is 2. The number of hydrogen-bond donors (Lipinski definition) is 0. The molecule has 0 fully saturated rings. The summed E-state index contributed by atoms with van der Waals surface area (Å²) in [5.41, 5.74) is 0. The van der Waals surface area contributed by atoms with Crippen LogP contribution in [0.3, 0.4) is 0 Å². The Balaban J connectivity index is -0.00000162. The third-order valence-corrected chi connectivity index (χ3v) is 2.06. The van der Waals surface area contributed by atoms with Crippen molar-refractivity contribution in [2.45, 2.75) is 36.8 Å². The van der Waals surface area contributed by atoms with Gasteiger partial charge in [-0.1, -0.05) is 0 Å². The molecule has 0 bridgehead atoms. The molecule has 0 aliphatic rings. The second-order valence-electron chi connectivity index (χ2n) is 3.44. The van der Waals surface area contributed by atoms with Gasteiger partial charge in [0, 0.05) is 5.97 Å². The van der Waals surface area contributed by atoms with E-state index in [2.05, 4.69) is 0 Å². The minimum Gasteiger partial charge on any atom is -0.550 e. The Morgan fingerprint density at radius 1 is 0.952 bits per heavy atom. The number of rotatable bonds is 7. The second-order valence-corrected chi connectivity index (χ2v) is 3.44. The minimum atomic E-state index is -6.59. The molecule has 1 unspecified atom stereocenters. The molecule has 0 amide bonds.